The molecule has 1 heterocycles. The summed E-state index contributed by atoms with van der Waals surface area (Å²) in [5, 5.41) is 7.57. The van der Waals surface area contributed by atoms with Crippen LogP contribution in [0.15, 0.2) is 77.8 Å². The van der Waals surface area contributed by atoms with Crippen LogP contribution in [0.4, 0.5) is 0 Å². The highest BCUT2D eigenvalue weighted by Crippen LogP contribution is 2.14. The van der Waals surface area contributed by atoms with Crippen LogP contribution in [0.5, 0.6) is 5.75 Å². The van der Waals surface area contributed by atoms with Crippen molar-refractivity contribution < 1.29 is 14.3 Å². The summed E-state index contributed by atoms with van der Waals surface area (Å²) in [5.74, 6) is 0.207. The van der Waals surface area contributed by atoms with Gasteiger partial charge in [-0.3, -0.25) is 9.59 Å². The van der Waals surface area contributed by atoms with Crippen LogP contribution in [0.3, 0.4) is 0 Å². The summed E-state index contributed by atoms with van der Waals surface area (Å²) < 4.78 is 5.16. The summed E-state index contributed by atoms with van der Waals surface area (Å²) in [6, 6.07) is 20.5. The van der Waals surface area contributed by atoms with E-state index in [0.29, 0.717) is 12.1 Å². The lowest BCUT2D eigenvalue weighted by Gasteiger charge is -2.11. The molecule has 3 rings (SSSR count). The second-order valence-corrected chi connectivity index (χ2v) is 7.58. The number of methoxy groups -OCH3 is 1. The van der Waals surface area contributed by atoms with E-state index in [4.69, 9.17) is 4.74 Å². The Morgan fingerprint density at radius 2 is 1.77 bits per heavy atom. The number of thiophene rings is 1. The molecule has 2 aromatic carbocycles. The Bertz CT molecular complexity index is 981. The maximum absolute atomic E-state index is 12.7. The van der Waals surface area contributed by atoms with Gasteiger partial charge in [-0.25, -0.2) is 0 Å². The molecule has 6 heteroatoms. The molecule has 0 spiro atoms. The highest BCUT2D eigenvalue weighted by atomic mass is 32.1. The Kier molecular flexibility index (Phi) is 7.80. The molecule has 0 fully saturated rings. The third-order valence-corrected chi connectivity index (χ3v) is 5.26. The van der Waals surface area contributed by atoms with E-state index in [1.54, 1.807) is 37.5 Å². The molecular weight excluding hydrogens is 396 g/mol. The molecular formula is C24H24N2O3S. The zero-order chi connectivity index (χ0) is 21.2. The Morgan fingerprint density at radius 1 is 1.00 bits per heavy atom. The smallest absolute Gasteiger partial charge is 0.267 e. The van der Waals surface area contributed by atoms with Gasteiger partial charge in [-0.1, -0.05) is 36.4 Å². The van der Waals surface area contributed by atoms with E-state index in [2.05, 4.69) is 10.6 Å². The molecule has 0 atom stereocenters. The number of carbonyl (C=O) groups is 2. The van der Waals surface area contributed by atoms with Gasteiger partial charge in [0.15, 0.2) is 0 Å². The summed E-state index contributed by atoms with van der Waals surface area (Å²) in [6.07, 6.45) is 3.33. The van der Waals surface area contributed by atoms with Crippen molar-refractivity contribution in [1.29, 1.82) is 0 Å². The molecule has 5 nitrogen and oxygen atoms in total. The number of amides is 2. The predicted molar refractivity (Wildman–Crippen MR) is 121 cm³/mol. The molecule has 2 N–H and O–H groups in total. The zero-order valence-electron chi connectivity index (χ0n) is 16.8. The standard InChI is InChI=1S/C24H24N2O3S/c1-29-20-13-11-18(12-14-20)7-5-15-25-24(28)22(17-21-10-6-16-30-21)26-23(27)19-8-3-2-4-9-19/h2-4,6,8-14,16-17H,5,7,15H2,1H3,(H,25,28)(H,26,27)/b22-17-. The first-order chi connectivity index (χ1) is 14.7. The Labute approximate surface area is 180 Å². The molecule has 154 valence electrons. The first-order valence-electron chi connectivity index (χ1n) is 9.68. The molecule has 0 saturated carbocycles. The van der Waals surface area contributed by atoms with E-state index < -0.39 is 0 Å². The average molecular weight is 421 g/mol. The lowest BCUT2D eigenvalue weighted by Crippen LogP contribution is -2.35. The van der Waals surface area contributed by atoms with E-state index in [1.807, 2.05) is 47.8 Å². The number of hydrogen-bond acceptors (Lipinski definition) is 4. The minimum Gasteiger partial charge on any atom is -0.497 e. The second kappa shape index (κ2) is 11.0. The third-order valence-electron chi connectivity index (χ3n) is 4.45. The van der Waals surface area contributed by atoms with Gasteiger partial charge in [-0.15, -0.1) is 11.3 Å². The fraction of sp³-hybridized carbons (Fsp3) is 0.167. The molecule has 0 unspecified atom stereocenters. The van der Waals surface area contributed by atoms with Crippen molar-refractivity contribution >= 4 is 29.2 Å². The molecule has 0 aliphatic rings. The van der Waals surface area contributed by atoms with E-state index >= 15 is 0 Å². The van der Waals surface area contributed by atoms with Crippen LogP contribution < -0.4 is 15.4 Å². The molecule has 0 bridgehead atoms. The first-order valence-corrected chi connectivity index (χ1v) is 10.6. The molecule has 3 aromatic rings. The van der Waals surface area contributed by atoms with Crippen molar-refractivity contribution in [3.63, 3.8) is 0 Å². The number of ether oxygens (including phenoxy) is 1. The topological polar surface area (TPSA) is 67.4 Å². The number of aryl methyl sites for hydroxylation is 1. The van der Waals surface area contributed by atoms with Gasteiger partial charge in [0, 0.05) is 17.0 Å². The molecule has 1 aromatic heterocycles. The minimum atomic E-state index is -0.313. The van der Waals surface area contributed by atoms with Crippen molar-refractivity contribution in [3.05, 3.63) is 93.8 Å². The van der Waals surface area contributed by atoms with Crippen LogP contribution in [0, 0.1) is 0 Å². The van der Waals surface area contributed by atoms with Gasteiger partial charge in [0.1, 0.15) is 11.4 Å². The van der Waals surface area contributed by atoms with Crippen molar-refractivity contribution in [1.82, 2.24) is 10.6 Å². The highest BCUT2D eigenvalue weighted by molar-refractivity contribution is 7.10. The Morgan fingerprint density at radius 3 is 2.43 bits per heavy atom. The summed E-state index contributed by atoms with van der Waals surface area (Å²) in [7, 11) is 1.64. The molecule has 0 aliphatic heterocycles. The highest BCUT2D eigenvalue weighted by Gasteiger charge is 2.14. The fourth-order valence-corrected chi connectivity index (χ4v) is 3.50. The van der Waals surface area contributed by atoms with Gasteiger partial charge in [-0.05, 0) is 60.2 Å². The monoisotopic (exact) mass is 420 g/mol. The predicted octanol–water partition coefficient (Wildman–Crippen LogP) is 4.28. The van der Waals surface area contributed by atoms with Gasteiger partial charge in [0.2, 0.25) is 0 Å². The van der Waals surface area contributed by atoms with Gasteiger partial charge >= 0.3 is 0 Å². The lowest BCUT2D eigenvalue weighted by atomic mass is 10.1. The van der Waals surface area contributed by atoms with Crippen molar-refractivity contribution in [2.24, 2.45) is 0 Å². The molecule has 0 radical (unpaired) electrons. The number of nitrogens with one attached hydrogen (secondary N) is 2. The second-order valence-electron chi connectivity index (χ2n) is 6.60. The van der Waals surface area contributed by atoms with E-state index in [9.17, 15) is 9.59 Å². The van der Waals surface area contributed by atoms with Crippen molar-refractivity contribution in [2.75, 3.05) is 13.7 Å². The summed E-state index contributed by atoms with van der Waals surface area (Å²) >= 11 is 1.50. The van der Waals surface area contributed by atoms with E-state index in [0.717, 1.165) is 23.5 Å². The normalized spacial score (nSPS) is 11.0. The summed E-state index contributed by atoms with van der Waals surface area (Å²) in [4.78, 5) is 26.1. The average Bonchev–Trinajstić information content (AvgIpc) is 3.30. The molecule has 0 saturated heterocycles. The van der Waals surface area contributed by atoms with Crippen LogP contribution in [0.25, 0.3) is 6.08 Å². The fourth-order valence-electron chi connectivity index (χ4n) is 2.84. The SMILES string of the molecule is COc1ccc(CCCNC(=O)/C(=C/c2cccs2)NC(=O)c2ccccc2)cc1. The third kappa shape index (κ3) is 6.32. The zero-order valence-corrected chi connectivity index (χ0v) is 17.6. The van der Waals surface area contributed by atoms with Gasteiger partial charge < -0.3 is 15.4 Å². The van der Waals surface area contributed by atoms with Crippen LogP contribution >= 0.6 is 11.3 Å². The largest absolute Gasteiger partial charge is 0.497 e. The maximum atomic E-state index is 12.7. The van der Waals surface area contributed by atoms with Crippen LogP contribution in [-0.4, -0.2) is 25.5 Å². The number of benzene rings is 2. The maximum Gasteiger partial charge on any atom is 0.267 e. The summed E-state index contributed by atoms with van der Waals surface area (Å²) in [6.45, 7) is 0.508. The first kappa shape index (κ1) is 21.3. The van der Waals surface area contributed by atoms with Crippen molar-refractivity contribution in [2.45, 2.75) is 12.8 Å². The lowest BCUT2D eigenvalue weighted by molar-refractivity contribution is -0.117. The van der Waals surface area contributed by atoms with Crippen LogP contribution in [-0.2, 0) is 11.2 Å². The van der Waals surface area contributed by atoms with Gasteiger partial charge in [0.25, 0.3) is 11.8 Å². The quantitative estimate of drug-likeness (QED) is 0.401. The van der Waals surface area contributed by atoms with Gasteiger partial charge in [-0.2, -0.15) is 0 Å². The van der Waals surface area contributed by atoms with Crippen molar-refractivity contribution in [3.8, 4) is 5.75 Å². The molecule has 0 aliphatic carbocycles. The van der Waals surface area contributed by atoms with E-state index in [-0.39, 0.29) is 17.5 Å². The van der Waals surface area contributed by atoms with Gasteiger partial charge in [0.05, 0.1) is 7.11 Å². The number of hydrogen-bond donors (Lipinski definition) is 2. The Hall–Kier alpha value is -3.38. The Balaban J connectivity index is 1.58. The summed E-state index contributed by atoms with van der Waals surface area (Å²) in [5.41, 5.74) is 1.91. The number of carbonyl (C=O) groups excluding carboxylic acids is 2. The molecule has 2 amide bonds. The number of rotatable bonds is 9. The molecule has 30 heavy (non-hydrogen) atoms. The van der Waals surface area contributed by atoms with Crippen LogP contribution in [0.1, 0.15) is 27.2 Å². The van der Waals surface area contributed by atoms with E-state index in [1.165, 1.54) is 16.9 Å². The van der Waals surface area contributed by atoms with Crippen LogP contribution in [0.2, 0.25) is 0 Å². The minimum absolute atomic E-state index is 0.232.